The van der Waals surface area contributed by atoms with E-state index < -0.39 is 47.7 Å². The second kappa shape index (κ2) is 6.82. The van der Waals surface area contributed by atoms with E-state index in [9.17, 15) is 31.5 Å². The van der Waals surface area contributed by atoms with Gasteiger partial charge >= 0.3 is 12.3 Å². The van der Waals surface area contributed by atoms with Crippen LogP contribution in [0, 0.1) is 17.6 Å². The number of nitrogens with zero attached hydrogens (tertiary/aromatic N) is 1. The molecular formula is C18H17F5N2O4. The highest BCUT2D eigenvalue weighted by Gasteiger charge is 2.54. The van der Waals surface area contributed by atoms with Crippen molar-refractivity contribution >= 4 is 12.0 Å². The number of rotatable bonds is 4. The number of amides is 2. The maximum absolute atomic E-state index is 13.8. The first kappa shape index (κ1) is 19.9. The van der Waals surface area contributed by atoms with Crippen LogP contribution in [-0.2, 0) is 27.1 Å². The van der Waals surface area contributed by atoms with Gasteiger partial charge in [0.25, 0.3) is 0 Å². The Kier molecular flexibility index (Phi) is 4.67. The lowest BCUT2D eigenvalue weighted by Crippen LogP contribution is -2.62. The van der Waals surface area contributed by atoms with Gasteiger partial charge in [-0.25, -0.2) is 13.6 Å². The van der Waals surface area contributed by atoms with Gasteiger partial charge in [-0.1, -0.05) is 0 Å². The molecule has 4 rings (SSSR count). The summed E-state index contributed by atoms with van der Waals surface area (Å²) in [5, 5.41) is 2.70. The van der Waals surface area contributed by atoms with Crippen LogP contribution in [0.25, 0.3) is 0 Å². The zero-order chi connectivity index (χ0) is 21.0. The minimum Gasteiger partial charge on any atom is -0.447 e. The number of alkyl halides is 3. The summed E-state index contributed by atoms with van der Waals surface area (Å²) in [4.78, 5) is 25.1. The fourth-order valence-electron chi connectivity index (χ4n) is 3.88. The third kappa shape index (κ3) is 3.75. The Morgan fingerprint density at radius 1 is 1.24 bits per heavy atom. The first-order valence-corrected chi connectivity index (χ1v) is 8.97. The van der Waals surface area contributed by atoms with Crippen LogP contribution in [0.5, 0.6) is 0 Å². The van der Waals surface area contributed by atoms with Crippen LogP contribution in [0.2, 0.25) is 0 Å². The average Bonchev–Trinajstić information content (AvgIpc) is 2.95. The molecule has 0 atom stereocenters. The molecule has 2 aliphatic heterocycles. The summed E-state index contributed by atoms with van der Waals surface area (Å²) >= 11 is 0. The SMILES string of the molecule is O=C1N[C@]2(CO1)C[C@@H](C(=O)N1CC(OCc3cc(F)c(C(F)(F)F)cc3F)C1)C2. The van der Waals surface area contributed by atoms with E-state index in [-0.39, 0.29) is 43.2 Å². The first-order valence-electron chi connectivity index (χ1n) is 8.97. The Morgan fingerprint density at radius 2 is 1.93 bits per heavy atom. The summed E-state index contributed by atoms with van der Waals surface area (Å²) in [6.07, 6.45) is -4.88. The molecule has 29 heavy (non-hydrogen) atoms. The number of likely N-dealkylation sites (tertiary alicyclic amines) is 1. The van der Waals surface area contributed by atoms with Crippen LogP contribution in [0.4, 0.5) is 26.7 Å². The van der Waals surface area contributed by atoms with Gasteiger partial charge in [0.05, 0.1) is 23.8 Å². The quantitative estimate of drug-likeness (QED) is 0.761. The molecule has 2 amide bonds. The number of alkyl carbamates (subject to hydrolysis) is 1. The van der Waals surface area contributed by atoms with Gasteiger partial charge in [-0.3, -0.25) is 4.79 Å². The summed E-state index contributed by atoms with van der Waals surface area (Å²) in [6, 6.07) is 0.591. The van der Waals surface area contributed by atoms with Crippen LogP contribution in [0.1, 0.15) is 24.0 Å². The minimum absolute atomic E-state index is 0.0802. The first-order chi connectivity index (χ1) is 13.6. The number of carbonyl (C=O) groups excluding carboxylic acids is 2. The molecule has 0 bridgehead atoms. The number of cyclic esters (lactones) is 1. The molecule has 1 spiro atoms. The van der Waals surface area contributed by atoms with E-state index in [1.54, 1.807) is 4.90 Å². The van der Waals surface area contributed by atoms with Gasteiger partial charge in [0.2, 0.25) is 5.91 Å². The molecule has 6 nitrogen and oxygen atoms in total. The third-order valence-corrected chi connectivity index (χ3v) is 5.55. The molecule has 1 aliphatic carbocycles. The van der Waals surface area contributed by atoms with Crippen LogP contribution < -0.4 is 5.32 Å². The fraction of sp³-hybridized carbons (Fsp3) is 0.556. The summed E-state index contributed by atoms with van der Waals surface area (Å²) < 4.78 is 75.3. The van der Waals surface area contributed by atoms with Crippen LogP contribution >= 0.6 is 0 Å². The van der Waals surface area contributed by atoms with E-state index in [2.05, 4.69) is 5.32 Å². The maximum atomic E-state index is 13.8. The fourth-order valence-corrected chi connectivity index (χ4v) is 3.88. The lowest BCUT2D eigenvalue weighted by atomic mass is 9.68. The number of ether oxygens (including phenoxy) is 2. The normalized spacial score (nSPS) is 26.7. The van der Waals surface area contributed by atoms with Crippen LogP contribution in [0.15, 0.2) is 12.1 Å². The smallest absolute Gasteiger partial charge is 0.419 e. The Bertz CT molecular complexity index is 847. The van der Waals surface area contributed by atoms with E-state index in [0.717, 1.165) is 0 Å². The summed E-state index contributed by atoms with van der Waals surface area (Å²) in [7, 11) is 0. The van der Waals surface area contributed by atoms with Crippen molar-refractivity contribution in [3.8, 4) is 0 Å². The minimum atomic E-state index is -4.98. The van der Waals surface area contributed by atoms with Crippen molar-refractivity contribution in [1.82, 2.24) is 10.2 Å². The van der Waals surface area contributed by atoms with Crippen molar-refractivity contribution in [2.24, 2.45) is 5.92 Å². The molecule has 0 radical (unpaired) electrons. The largest absolute Gasteiger partial charge is 0.447 e. The monoisotopic (exact) mass is 420 g/mol. The highest BCUT2D eigenvalue weighted by atomic mass is 19.4. The second-order valence-corrected chi connectivity index (χ2v) is 7.68. The molecular weight excluding hydrogens is 403 g/mol. The zero-order valence-electron chi connectivity index (χ0n) is 15.0. The van der Waals surface area contributed by atoms with Gasteiger partial charge in [0, 0.05) is 24.6 Å². The summed E-state index contributed by atoms with van der Waals surface area (Å²) in [5.74, 6) is -3.07. The molecule has 1 saturated carbocycles. The van der Waals surface area contributed by atoms with Gasteiger partial charge in [0.15, 0.2) is 0 Å². The Hall–Kier alpha value is -2.43. The highest BCUT2D eigenvalue weighted by Crippen LogP contribution is 2.42. The average molecular weight is 420 g/mol. The van der Waals surface area contributed by atoms with Crippen molar-refractivity contribution in [1.29, 1.82) is 0 Å². The number of halogens is 5. The summed E-state index contributed by atoms with van der Waals surface area (Å²) in [5.41, 5.74) is -2.44. The van der Waals surface area contributed by atoms with Gasteiger partial charge < -0.3 is 19.7 Å². The Labute approximate surface area is 161 Å². The standard InChI is InChI=1S/C18H17F5N2O4/c19-13-2-12(18(21,22)23)14(20)1-9(13)7-28-11-5-25(6-11)15(26)10-3-17(4-10)8-29-16(27)24-17/h1-2,10-11H,3-8H2,(H,24,27)/t10-,17-. The number of nitrogens with one attached hydrogen (secondary N) is 1. The predicted octanol–water partition coefficient (Wildman–Crippen LogP) is 2.60. The van der Waals surface area contributed by atoms with Crippen molar-refractivity contribution < 1.29 is 41.0 Å². The predicted molar refractivity (Wildman–Crippen MR) is 86.5 cm³/mol. The van der Waals surface area contributed by atoms with E-state index in [4.69, 9.17) is 9.47 Å². The maximum Gasteiger partial charge on any atom is 0.419 e. The van der Waals surface area contributed by atoms with Gasteiger partial charge in [-0.05, 0) is 25.0 Å². The summed E-state index contributed by atoms with van der Waals surface area (Å²) in [6.45, 7) is 0.367. The third-order valence-electron chi connectivity index (χ3n) is 5.55. The lowest BCUT2D eigenvalue weighted by molar-refractivity contribution is -0.155. The van der Waals surface area contributed by atoms with Crippen molar-refractivity contribution in [2.75, 3.05) is 19.7 Å². The van der Waals surface area contributed by atoms with Crippen molar-refractivity contribution in [2.45, 2.75) is 37.3 Å². The topological polar surface area (TPSA) is 67.9 Å². The molecule has 2 heterocycles. The highest BCUT2D eigenvalue weighted by molar-refractivity contribution is 5.82. The lowest BCUT2D eigenvalue weighted by Gasteiger charge is -2.47. The molecule has 1 N–H and O–H groups in total. The van der Waals surface area contributed by atoms with Crippen LogP contribution in [-0.4, -0.2) is 48.2 Å². The van der Waals surface area contributed by atoms with Crippen molar-refractivity contribution in [3.63, 3.8) is 0 Å². The molecule has 3 aliphatic rings. The number of carbonyl (C=O) groups is 2. The van der Waals surface area contributed by atoms with Gasteiger partial charge in [-0.2, -0.15) is 13.2 Å². The number of benzene rings is 1. The molecule has 158 valence electrons. The Morgan fingerprint density at radius 3 is 2.52 bits per heavy atom. The van der Waals surface area contributed by atoms with Gasteiger partial charge in [-0.15, -0.1) is 0 Å². The molecule has 2 saturated heterocycles. The number of hydrogen-bond acceptors (Lipinski definition) is 4. The van der Waals surface area contributed by atoms with E-state index in [1.807, 2.05) is 0 Å². The van der Waals surface area contributed by atoms with E-state index in [0.29, 0.717) is 18.9 Å². The molecule has 3 fully saturated rings. The second-order valence-electron chi connectivity index (χ2n) is 7.68. The van der Waals surface area contributed by atoms with Gasteiger partial charge in [0.1, 0.15) is 18.2 Å². The van der Waals surface area contributed by atoms with E-state index >= 15 is 0 Å². The Balaban J connectivity index is 1.24. The number of hydrogen-bond donors (Lipinski definition) is 1. The van der Waals surface area contributed by atoms with Crippen molar-refractivity contribution in [3.05, 3.63) is 34.9 Å². The van der Waals surface area contributed by atoms with E-state index in [1.165, 1.54) is 0 Å². The molecule has 11 heteroatoms. The zero-order valence-corrected chi connectivity index (χ0v) is 15.0. The van der Waals surface area contributed by atoms with Crippen LogP contribution in [0.3, 0.4) is 0 Å². The molecule has 1 aromatic carbocycles. The molecule has 0 aromatic heterocycles. The molecule has 0 unspecified atom stereocenters. The molecule has 1 aromatic rings.